The molecule has 1 unspecified atom stereocenters. The van der Waals surface area contributed by atoms with E-state index in [4.69, 9.17) is 4.74 Å². The summed E-state index contributed by atoms with van der Waals surface area (Å²) in [5, 5.41) is 0. The Balaban J connectivity index is 2.83. The van der Waals surface area contributed by atoms with Gasteiger partial charge in [0.25, 0.3) is 0 Å². The number of benzene rings is 1. The third-order valence-corrected chi connectivity index (χ3v) is 3.80. The first-order chi connectivity index (χ1) is 7.53. The van der Waals surface area contributed by atoms with E-state index in [0.717, 1.165) is 10.0 Å². The van der Waals surface area contributed by atoms with E-state index in [1.165, 1.54) is 0 Å². The highest BCUT2D eigenvalue weighted by Gasteiger charge is 2.30. The van der Waals surface area contributed by atoms with Crippen LogP contribution in [0.3, 0.4) is 0 Å². The number of hydrogen-bond donors (Lipinski definition) is 0. The highest BCUT2D eigenvalue weighted by Crippen LogP contribution is 2.22. The van der Waals surface area contributed by atoms with Crippen molar-refractivity contribution in [2.45, 2.75) is 32.3 Å². The Bertz CT molecular complexity index is 370. The minimum atomic E-state index is -0.671. The van der Waals surface area contributed by atoms with Crippen molar-refractivity contribution in [2.75, 3.05) is 7.11 Å². The fourth-order valence-corrected chi connectivity index (χ4v) is 1.88. The largest absolute Gasteiger partial charge is 0.371 e. The molecule has 1 atom stereocenters. The van der Waals surface area contributed by atoms with E-state index in [-0.39, 0.29) is 5.78 Å². The van der Waals surface area contributed by atoms with E-state index < -0.39 is 5.60 Å². The Morgan fingerprint density at radius 3 is 2.56 bits per heavy atom. The van der Waals surface area contributed by atoms with Crippen molar-refractivity contribution >= 4 is 21.7 Å². The molecule has 0 aliphatic carbocycles. The standard InChI is InChI=1S/C13H17BrO2/c1-4-13(2,16-3)12(15)9-10-7-5-6-8-11(10)14/h5-8H,4,9H2,1-3H3. The van der Waals surface area contributed by atoms with Gasteiger partial charge in [-0.1, -0.05) is 41.1 Å². The highest BCUT2D eigenvalue weighted by molar-refractivity contribution is 9.10. The minimum absolute atomic E-state index is 0.115. The van der Waals surface area contributed by atoms with E-state index in [1.807, 2.05) is 38.1 Å². The van der Waals surface area contributed by atoms with Gasteiger partial charge in [-0.15, -0.1) is 0 Å². The Labute approximate surface area is 105 Å². The molecular formula is C13H17BrO2. The molecule has 0 spiro atoms. The summed E-state index contributed by atoms with van der Waals surface area (Å²) >= 11 is 3.44. The first-order valence-electron chi connectivity index (χ1n) is 5.35. The maximum atomic E-state index is 12.1. The summed E-state index contributed by atoms with van der Waals surface area (Å²) in [5.74, 6) is 0.115. The molecule has 88 valence electrons. The highest BCUT2D eigenvalue weighted by atomic mass is 79.9. The van der Waals surface area contributed by atoms with Gasteiger partial charge < -0.3 is 4.74 Å². The van der Waals surface area contributed by atoms with Crippen LogP contribution in [0.2, 0.25) is 0 Å². The molecule has 0 amide bonds. The fraction of sp³-hybridized carbons (Fsp3) is 0.462. The zero-order valence-corrected chi connectivity index (χ0v) is 11.5. The van der Waals surface area contributed by atoms with Gasteiger partial charge in [0.15, 0.2) is 5.78 Å². The van der Waals surface area contributed by atoms with E-state index in [2.05, 4.69) is 15.9 Å². The summed E-state index contributed by atoms with van der Waals surface area (Å²) in [7, 11) is 1.58. The lowest BCUT2D eigenvalue weighted by Gasteiger charge is -2.25. The second-order valence-electron chi connectivity index (χ2n) is 3.98. The molecule has 16 heavy (non-hydrogen) atoms. The van der Waals surface area contributed by atoms with Crippen LogP contribution in [0, 0.1) is 0 Å². The number of carbonyl (C=O) groups is 1. The lowest BCUT2D eigenvalue weighted by Crippen LogP contribution is -2.37. The first kappa shape index (κ1) is 13.4. The molecule has 0 aliphatic heterocycles. The number of carbonyl (C=O) groups excluding carboxylic acids is 1. The van der Waals surface area contributed by atoms with Crippen molar-refractivity contribution in [3.05, 3.63) is 34.3 Å². The molecule has 0 bridgehead atoms. The number of ether oxygens (including phenoxy) is 1. The fourth-order valence-electron chi connectivity index (χ4n) is 1.46. The minimum Gasteiger partial charge on any atom is -0.371 e. The number of hydrogen-bond acceptors (Lipinski definition) is 2. The molecule has 0 saturated heterocycles. The van der Waals surface area contributed by atoms with Gasteiger partial charge in [-0.05, 0) is 25.0 Å². The van der Waals surface area contributed by atoms with Gasteiger partial charge in [0.05, 0.1) is 0 Å². The van der Waals surface area contributed by atoms with Crippen molar-refractivity contribution in [2.24, 2.45) is 0 Å². The zero-order valence-electron chi connectivity index (χ0n) is 9.92. The number of methoxy groups -OCH3 is 1. The summed E-state index contributed by atoms with van der Waals surface area (Å²) in [5.41, 5.74) is 0.333. The number of Topliss-reactive ketones (excluding diaryl/α,β-unsaturated/α-hetero) is 1. The third kappa shape index (κ3) is 2.92. The summed E-state index contributed by atoms with van der Waals surface area (Å²) in [6.45, 7) is 3.80. The van der Waals surface area contributed by atoms with Crippen molar-refractivity contribution in [1.82, 2.24) is 0 Å². The van der Waals surface area contributed by atoms with Crippen LogP contribution in [-0.4, -0.2) is 18.5 Å². The van der Waals surface area contributed by atoms with Crippen molar-refractivity contribution in [1.29, 1.82) is 0 Å². The van der Waals surface area contributed by atoms with Gasteiger partial charge >= 0.3 is 0 Å². The first-order valence-corrected chi connectivity index (χ1v) is 6.14. The number of halogens is 1. The Morgan fingerprint density at radius 1 is 1.44 bits per heavy atom. The average Bonchev–Trinajstić information content (AvgIpc) is 2.31. The molecule has 0 radical (unpaired) electrons. The number of rotatable bonds is 5. The third-order valence-electron chi connectivity index (χ3n) is 3.02. The molecule has 3 heteroatoms. The maximum Gasteiger partial charge on any atom is 0.168 e. The Kier molecular flexibility index (Phi) is 4.69. The monoisotopic (exact) mass is 284 g/mol. The molecule has 0 aliphatic rings. The van der Waals surface area contributed by atoms with Crippen molar-refractivity contribution < 1.29 is 9.53 Å². The van der Waals surface area contributed by atoms with E-state index >= 15 is 0 Å². The molecule has 0 heterocycles. The van der Waals surface area contributed by atoms with Crippen LogP contribution in [0.15, 0.2) is 28.7 Å². The zero-order chi connectivity index (χ0) is 12.2. The molecule has 0 saturated carbocycles. The quantitative estimate of drug-likeness (QED) is 0.829. The smallest absolute Gasteiger partial charge is 0.168 e. The van der Waals surface area contributed by atoms with Crippen LogP contribution >= 0.6 is 15.9 Å². The Morgan fingerprint density at radius 2 is 2.06 bits per heavy atom. The molecule has 0 fully saturated rings. The normalized spacial score (nSPS) is 14.5. The molecule has 1 aromatic carbocycles. The summed E-state index contributed by atoms with van der Waals surface area (Å²) in [4.78, 5) is 12.1. The van der Waals surface area contributed by atoms with Crippen molar-refractivity contribution in [3.8, 4) is 0 Å². The predicted octanol–water partition coefficient (Wildman–Crippen LogP) is 3.38. The van der Waals surface area contributed by atoms with Crippen LogP contribution < -0.4 is 0 Å². The molecule has 2 nitrogen and oxygen atoms in total. The van der Waals surface area contributed by atoms with Gasteiger partial charge in [0, 0.05) is 18.0 Å². The van der Waals surface area contributed by atoms with E-state index in [1.54, 1.807) is 7.11 Å². The van der Waals surface area contributed by atoms with E-state index in [9.17, 15) is 4.79 Å². The van der Waals surface area contributed by atoms with Crippen LogP contribution in [0.1, 0.15) is 25.8 Å². The van der Waals surface area contributed by atoms with Gasteiger partial charge in [-0.25, -0.2) is 0 Å². The van der Waals surface area contributed by atoms with Gasteiger partial charge in [0.2, 0.25) is 0 Å². The van der Waals surface area contributed by atoms with Crippen LogP contribution in [0.25, 0.3) is 0 Å². The Hall–Kier alpha value is -0.670. The van der Waals surface area contributed by atoms with Crippen LogP contribution in [0.4, 0.5) is 0 Å². The van der Waals surface area contributed by atoms with Gasteiger partial charge in [0.1, 0.15) is 5.60 Å². The molecule has 0 N–H and O–H groups in total. The SMILES string of the molecule is CCC(C)(OC)C(=O)Cc1ccccc1Br. The van der Waals surface area contributed by atoms with Crippen LogP contribution in [0.5, 0.6) is 0 Å². The lowest BCUT2D eigenvalue weighted by atomic mass is 9.92. The van der Waals surface area contributed by atoms with Crippen LogP contribution in [-0.2, 0) is 16.0 Å². The summed E-state index contributed by atoms with van der Waals surface area (Å²) in [6.07, 6.45) is 1.09. The van der Waals surface area contributed by atoms with Crippen molar-refractivity contribution in [3.63, 3.8) is 0 Å². The maximum absolute atomic E-state index is 12.1. The topological polar surface area (TPSA) is 26.3 Å². The summed E-state index contributed by atoms with van der Waals surface area (Å²) < 4.78 is 6.27. The lowest BCUT2D eigenvalue weighted by molar-refractivity contribution is -0.138. The van der Waals surface area contributed by atoms with E-state index in [0.29, 0.717) is 12.8 Å². The average molecular weight is 285 g/mol. The van der Waals surface area contributed by atoms with Gasteiger partial charge in [-0.3, -0.25) is 4.79 Å². The second kappa shape index (κ2) is 5.60. The predicted molar refractivity (Wildman–Crippen MR) is 68.6 cm³/mol. The molecular weight excluding hydrogens is 268 g/mol. The molecule has 1 aromatic rings. The molecule has 0 aromatic heterocycles. The van der Waals surface area contributed by atoms with Gasteiger partial charge in [-0.2, -0.15) is 0 Å². The second-order valence-corrected chi connectivity index (χ2v) is 4.83. The molecule has 1 rings (SSSR count). The summed E-state index contributed by atoms with van der Waals surface area (Å²) in [6, 6.07) is 7.77. The number of ketones is 1.